The Morgan fingerprint density at radius 2 is 1.65 bits per heavy atom. The lowest BCUT2D eigenvalue weighted by Crippen LogP contribution is -2.10. The molecule has 0 aromatic heterocycles. The zero-order valence-corrected chi connectivity index (χ0v) is 12.9. The second kappa shape index (κ2) is 5.20. The summed E-state index contributed by atoms with van der Waals surface area (Å²) < 4.78 is 6.00. The molecule has 0 aliphatic heterocycles. The summed E-state index contributed by atoms with van der Waals surface area (Å²) in [7, 11) is 0. The lowest BCUT2D eigenvalue weighted by Gasteiger charge is -2.20. The van der Waals surface area contributed by atoms with E-state index in [0.29, 0.717) is 5.69 Å². The third kappa shape index (κ3) is 3.13. The number of hydrogen-bond acceptors (Lipinski definition) is 1. The molecule has 2 heteroatoms. The maximum absolute atomic E-state index is 7.80. The molecule has 0 spiro atoms. The van der Waals surface area contributed by atoms with Crippen LogP contribution in [0.4, 0.5) is 5.69 Å². The molecule has 0 aliphatic rings. The summed E-state index contributed by atoms with van der Waals surface area (Å²) in [6, 6.07) is 12.0. The first-order valence-electron chi connectivity index (χ1n) is 6.88. The number of hydrogen-bond donors (Lipinski definition) is 0. The van der Waals surface area contributed by atoms with E-state index in [-0.39, 0.29) is 5.41 Å². The van der Waals surface area contributed by atoms with Crippen molar-refractivity contribution in [2.75, 3.05) is 0 Å². The summed E-state index contributed by atoms with van der Waals surface area (Å²) in [5.41, 5.74) is 11.6. The first-order chi connectivity index (χ1) is 9.27. The van der Waals surface area contributed by atoms with E-state index in [1.807, 2.05) is 38.1 Å². The van der Waals surface area contributed by atoms with Gasteiger partial charge in [-0.05, 0) is 48.6 Å². The first kappa shape index (κ1) is 14.4. The number of aryl methyl sites for hydroxylation is 2. The molecule has 0 radical (unpaired) electrons. The van der Waals surface area contributed by atoms with E-state index in [9.17, 15) is 0 Å². The molecule has 106 valence electrons. The van der Waals surface area contributed by atoms with E-state index >= 15 is 0 Å². The summed E-state index contributed by atoms with van der Waals surface area (Å²) in [4.78, 5) is 0. The van der Waals surface area contributed by atoms with Gasteiger partial charge in [-0.25, -0.2) is 0 Å². The highest BCUT2D eigenvalue weighted by molar-refractivity contribution is 5.57. The molecule has 1 N–H and O–H groups in total. The van der Waals surface area contributed by atoms with Crippen LogP contribution in [0.15, 0.2) is 36.4 Å². The molecular weight excluding hydrogens is 246 g/mol. The van der Waals surface area contributed by atoms with E-state index in [0.717, 1.165) is 22.6 Å². The van der Waals surface area contributed by atoms with Gasteiger partial charge in [0.05, 0.1) is 0 Å². The van der Waals surface area contributed by atoms with Gasteiger partial charge in [-0.1, -0.05) is 44.5 Å². The first-order valence-corrected chi connectivity index (χ1v) is 6.88. The molecule has 0 bridgehead atoms. The lowest BCUT2D eigenvalue weighted by atomic mass is 9.87. The van der Waals surface area contributed by atoms with E-state index in [2.05, 4.69) is 32.9 Å². The van der Waals surface area contributed by atoms with Crippen LogP contribution in [0.25, 0.3) is 5.73 Å². The standard InChI is InChI=1S/C18H22NO/c1-12-10-17(13(2)9-16(12)19)20-15-8-6-7-14(11-15)18(3,4)5/h6-11,19H,1-5H3/q-1. The fourth-order valence-electron chi connectivity index (χ4n) is 2.05. The molecule has 20 heavy (non-hydrogen) atoms. The Morgan fingerprint density at radius 3 is 2.30 bits per heavy atom. The zero-order chi connectivity index (χ0) is 14.9. The number of benzene rings is 2. The number of rotatable bonds is 2. The minimum atomic E-state index is 0.107. The summed E-state index contributed by atoms with van der Waals surface area (Å²) >= 11 is 0. The van der Waals surface area contributed by atoms with Gasteiger partial charge in [-0.15, -0.1) is 5.69 Å². The Bertz CT molecular complexity index is 624. The van der Waals surface area contributed by atoms with Gasteiger partial charge in [0.1, 0.15) is 11.5 Å². The molecule has 2 rings (SSSR count). The minimum absolute atomic E-state index is 0.107. The molecule has 2 nitrogen and oxygen atoms in total. The van der Waals surface area contributed by atoms with Crippen molar-refractivity contribution in [2.45, 2.75) is 40.0 Å². The smallest absolute Gasteiger partial charge is 0.130 e. The maximum atomic E-state index is 7.80. The van der Waals surface area contributed by atoms with Crippen molar-refractivity contribution in [3.63, 3.8) is 0 Å². The molecule has 2 aromatic rings. The number of nitrogens with one attached hydrogen (secondary N) is 1. The van der Waals surface area contributed by atoms with E-state index < -0.39 is 0 Å². The predicted octanol–water partition coefficient (Wildman–Crippen LogP) is 6.08. The largest absolute Gasteiger partial charge is 0.698 e. The van der Waals surface area contributed by atoms with Crippen molar-refractivity contribution >= 4 is 5.69 Å². The molecule has 2 aromatic carbocycles. The van der Waals surface area contributed by atoms with Gasteiger partial charge in [-0.2, -0.15) is 0 Å². The van der Waals surface area contributed by atoms with Crippen molar-refractivity contribution in [3.05, 3.63) is 58.8 Å². The Balaban J connectivity index is 2.33. The number of ether oxygens (including phenoxy) is 1. The average Bonchev–Trinajstić information content (AvgIpc) is 2.35. The molecule has 0 unspecified atom stereocenters. The van der Waals surface area contributed by atoms with Gasteiger partial charge < -0.3 is 10.5 Å². The van der Waals surface area contributed by atoms with Crippen LogP contribution < -0.4 is 4.74 Å². The van der Waals surface area contributed by atoms with Crippen LogP contribution in [0.5, 0.6) is 11.5 Å². The van der Waals surface area contributed by atoms with E-state index in [1.54, 1.807) is 0 Å². The maximum Gasteiger partial charge on any atom is 0.130 e. The SMILES string of the molecule is Cc1cc(Oc2cccc(C(C)(C)C)c2)c(C)cc1[NH-]. The van der Waals surface area contributed by atoms with Crippen molar-refractivity contribution in [2.24, 2.45) is 0 Å². The van der Waals surface area contributed by atoms with Crippen molar-refractivity contribution in [3.8, 4) is 11.5 Å². The van der Waals surface area contributed by atoms with Gasteiger partial charge >= 0.3 is 0 Å². The van der Waals surface area contributed by atoms with Gasteiger partial charge in [-0.3, -0.25) is 0 Å². The van der Waals surface area contributed by atoms with Gasteiger partial charge in [0.25, 0.3) is 0 Å². The fraction of sp³-hybridized carbons (Fsp3) is 0.333. The van der Waals surface area contributed by atoms with Crippen LogP contribution in [-0.4, -0.2) is 0 Å². The normalized spacial score (nSPS) is 11.4. The molecular formula is C18H22NO-. The highest BCUT2D eigenvalue weighted by Crippen LogP contribution is 2.32. The Kier molecular flexibility index (Phi) is 3.76. The zero-order valence-electron chi connectivity index (χ0n) is 12.9. The third-order valence-corrected chi connectivity index (χ3v) is 3.45. The average molecular weight is 268 g/mol. The molecule has 0 saturated carbocycles. The van der Waals surface area contributed by atoms with Crippen LogP contribution in [-0.2, 0) is 5.41 Å². The van der Waals surface area contributed by atoms with Crippen molar-refractivity contribution < 1.29 is 4.74 Å². The topological polar surface area (TPSA) is 33.0 Å². The summed E-state index contributed by atoms with van der Waals surface area (Å²) in [6.07, 6.45) is 0. The van der Waals surface area contributed by atoms with Crippen molar-refractivity contribution in [1.29, 1.82) is 0 Å². The van der Waals surface area contributed by atoms with Crippen molar-refractivity contribution in [1.82, 2.24) is 0 Å². The summed E-state index contributed by atoms with van der Waals surface area (Å²) in [5, 5.41) is 0. The van der Waals surface area contributed by atoms with Crippen LogP contribution in [0.1, 0.15) is 37.5 Å². The van der Waals surface area contributed by atoms with E-state index in [4.69, 9.17) is 10.5 Å². The van der Waals surface area contributed by atoms with Gasteiger partial charge in [0, 0.05) is 0 Å². The Morgan fingerprint density at radius 1 is 0.950 bits per heavy atom. The third-order valence-electron chi connectivity index (χ3n) is 3.45. The van der Waals surface area contributed by atoms with Crippen LogP contribution in [0, 0.1) is 13.8 Å². The predicted molar refractivity (Wildman–Crippen MR) is 85.1 cm³/mol. The van der Waals surface area contributed by atoms with E-state index in [1.165, 1.54) is 5.56 Å². The quantitative estimate of drug-likeness (QED) is 0.650. The minimum Gasteiger partial charge on any atom is -0.698 e. The second-order valence-electron chi connectivity index (χ2n) is 6.31. The molecule has 0 fully saturated rings. The Hall–Kier alpha value is -1.96. The molecule has 0 atom stereocenters. The lowest BCUT2D eigenvalue weighted by molar-refractivity contribution is 0.475. The van der Waals surface area contributed by atoms with Crippen LogP contribution in [0.2, 0.25) is 0 Å². The summed E-state index contributed by atoms with van der Waals surface area (Å²) in [6.45, 7) is 10.5. The van der Waals surface area contributed by atoms with Crippen LogP contribution in [0.3, 0.4) is 0 Å². The molecule has 0 saturated heterocycles. The fourth-order valence-corrected chi connectivity index (χ4v) is 2.05. The highest BCUT2D eigenvalue weighted by Gasteiger charge is 2.14. The highest BCUT2D eigenvalue weighted by atomic mass is 16.5. The van der Waals surface area contributed by atoms with Gasteiger partial charge in [0.15, 0.2) is 0 Å². The summed E-state index contributed by atoms with van der Waals surface area (Å²) in [5.74, 6) is 1.67. The van der Waals surface area contributed by atoms with Gasteiger partial charge in [0.2, 0.25) is 0 Å². The van der Waals surface area contributed by atoms with Crippen LogP contribution >= 0.6 is 0 Å². The monoisotopic (exact) mass is 268 g/mol. The molecule has 0 heterocycles. The Labute approximate surface area is 121 Å². The molecule has 0 aliphatic carbocycles. The second-order valence-corrected chi connectivity index (χ2v) is 6.31. The molecule has 0 amide bonds.